The minimum absolute atomic E-state index is 0.0338. The maximum atomic E-state index is 12.1. The standard InChI is InChI=1S/C19H18N4O5S/c1-11-7-21-14(8-20-11)18(25)28-9-17(24)23-19-22-15(10-29-19)13-5-4-12(26-2)6-16(13)27-3/h4-8,10H,9H2,1-3H3,(H,22,23,24). The van der Waals surface area contributed by atoms with Gasteiger partial charge >= 0.3 is 5.97 Å². The van der Waals surface area contributed by atoms with E-state index in [-0.39, 0.29) is 5.69 Å². The van der Waals surface area contributed by atoms with Crippen LogP contribution < -0.4 is 14.8 Å². The van der Waals surface area contributed by atoms with E-state index in [1.807, 2.05) is 6.07 Å². The van der Waals surface area contributed by atoms with Gasteiger partial charge in [-0.2, -0.15) is 0 Å². The minimum atomic E-state index is -0.726. The van der Waals surface area contributed by atoms with E-state index < -0.39 is 18.5 Å². The highest BCUT2D eigenvalue weighted by molar-refractivity contribution is 7.14. The van der Waals surface area contributed by atoms with Crippen molar-refractivity contribution in [1.82, 2.24) is 15.0 Å². The zero-order valence-corrected chi connectivity index (χ0v) is 16.8. The molecule has 1 aromatic carbocycles. The van der Waals surface area contributed by atoms with Gasteiger partial charge < -0.3 is 14.2 Å². The summed E-state index contributed by atoms with van der Waals surface area (Å²) in [5, 5.41) is 4.75. The van der Waals surface area contributed by atoms with Crippen LogP contribution in [0.2, 0.25) is 0 Å². The Bertz CT molecular complexity index is 1020. The van der Waals surface area contributed by atoms with E-state index in [0.717, 1.165) is 5.56 Å². The lowest BCUT2D eigenvalue weighted by molar-refractivity contribution is -0.119. The summed E-state index contributed by atoms with van der Waals surface area (Å²) in [6, 6.07) is 5.37. The molecular formula is C19H18N4O5S. The van der Waals surface area contributed by atoms with E-state index in [1.54, 1.807) is 38.7 Å². The van der Waals surface area contributed by atoms with Gasteiger partial charge in [-0.15, -0.1) is 11.3 Å². The van der Waals surface area contributed by atoms with Crippen LogP contribution in [0.5, 0.6) is 11.5 Å². The van der Waals surface area contributed by atoms with Gasteiger partial charge in [0.25, 0.3) is 5.91 Å². The topological polar surface area (TPSA) is 113 Å². The molecule has 0 unspecified atom stereocenters. The molecule has 0 atom stereocenters. The van der Waals surface area contributed by atoms with Crippen molar-refractivity contribution < 1.29 is 23.8 Å². The third kappa shape index (κ3) is 5.05. The van der Waals surface area contributed by atoms with Crippen molar-refractivity contribution in [3.8, 4) is 22.8 Å². The van der Waals surface area contributed by atoms with Crippen molar-refractivity contribution in [1.29, 1.82) is 0 Å². The molecule has 1 amide bonds. The lowest BCUT2D eigenvalue weighted by atomic mass is 10.1. The number of hydrogen-bond acceptors (Lipinski definition) is 9. The first-order valence-electron chi connectivity index (χ1n) is 8.43. The molecule has 0 aliphatic rings. The molecule has 0 spiro atoms. The fraction of sp³-hybridized carbons (Fsp3) is 0.211. The van der Waals surface area contributed by atoms with E-state index in [1.165, 1.54) is 23.7 Å². The van der Waals surface area contributed by atoms with Gasteiger partial charge in [-0.1, -0.05) is 0 Å². The molecule has 9 nitrogen and oxygen atoms in total. The molecule has 10 heteroatoms. The second kappa shape index (κ2) is 9.11. The molecule has 0 aliphatic carbocycles. The summed E-state index contributed by atoms with van der Waals surface area (Å²) >= 11 is 1.24. The number of rotatable bonds is 7. The average molecular weight is 414 g/mol. The predicted molar refractivity (Wildman–Crippen MR) is 106 cm³/mol. The molecule has 0 aliphatic heterocycles. The van der Waals surface area contributed by atoms with Crippen molar-refractivity contribution in [2.45, 2.75) is 6.92 Å². The number of carbonyl (C=O) groups is 2. The van der Waals surface area contributed by atoms with Crippen LogP contribution in [-0.2, 0) is 9.53 Å². The number of ether oxygens (including phenoxy) is 3. The van der Waals surface area contributed by atoms with E-state index in [2.05, 4.69) is 20.3 Å². The Morgan fingerprint density at radius 3 is 2.66 bits per heavy atom. The van der Waals surface area contributed by atoms with Crippen molar-refractivity contribution in [3.05, 3.63) is 47.4 Å². The molecule has 3 rings (SSSR count). The van der Waals surface area contributed by atoms with E-state index in [9.17, 15) is 9.59 Å². The molecule has 0 saturated carbocycles. The quantitative estimate of drug-likeness (QED) is 0.587. The molecule has 0 fully saturated rings. The van der Waals surface area contributed by atoms with Gasteiger partial charge in [-0.25, -0.2) is 14.8 Å². The number of thiazole rings is 1. The van der Waals surface area contributed by atoms with Crippen LogP contribution in [0.1, 0.15) is 16.2 Å². The molecule has 2 heterocycles. The van der Waals surface area contributed by atoms with E-state index in [0.29, 0.717) is 28.0 Å². The number of benzene rings is 1. The Balaban J connectivity index is 1.60. The summed E-state index contributed by atoms with van der Waals surface area (Å²) in [6.45, 7) is 1.29. The predicted octanol–water partition coefficient (Wildman–Crippen LogP) is 2.72. The van der Waals surface area contributed by atoms with Crippen LogP contribution in [0.4, 0.5) is 5.13 Å². The number of anilines is 1. The highest BCUT2D eigenvalue weighted by atomic mass is 32.1. The summed E-state index contributed by atoms with van der Waals surface area (Å²) in [6.07, 6.45) is 2.74. The molecule has 0 radical (unpaired) electrons. The average Bonchev–Trinajstić information content (AvgIpc) is 3.20. The van der Waals surface area contributed by atoms with Crippen molar-refractivity contribution in [3.63, 3.8) is 0 Å². The maximum Gasteiger partial charge on any atom is 0.359 e. The number of hydrogen-bond donors (Lipinski definition) is 1. The number of aromatic nitrogens is 3. The Morgan fingerprint density at radius 2 is 1.97 bits per heavy atom. The van der Waals surface area contributed by atoms with Crippen LogP contribution in [-0.4, -0.2) is 47.7 Å². The number of carbonyl (C=O) groups excluding carboxylic acids is 2. The molecule has 29 heavy (non-hydrogen) atoms. The molecule has 3 aromatic rings. The number of nitrogens with one attached hydrogen (secondary N) is 1. The molecule has 0 saturated heterocycles. The Labute approximate surface area is 170 Å². The largest absolute Gasteiger partial charge is 0.497 e. The Hall–Kier alpha value is -3.53. The van der Waals surface area contributed by atoms with Crippen LogP contribution in [0.25, 0.3) is 11.3 Å². The van der Waals surface area contributed by atoms with Crippen molar-refractivity contribution in [2.24, 2.45) is 0 Å². The van der Waals surface area contributed by atoms with Gasteiger partial charge in [-0.3, -0.25) is 15.1 Å². The summed E-state index contributed by atoms with van der Waals surface area (Å²) in [7, 11) is 3.13. The second-order valence-electron chi connectivity index (χ2n) is 5.77. The van der Waals surface area contributed by atoms with E-state index in [4.69, 9.17) is 14.2 Å². The van der Waals surface area contributed by atoms with Gasteiger partial charge in [0, 0.05) is 23.2 Å². The number of aryl methyl sites for hydroxylation is 1. The smallest absolute Gasteiger partial charge is 0.359 e. The second-order valence-corrected chi connectivity index (χ2v) is 6.63. The highest BCUT2D eigenvalue weighted by Crippen LogP contribution is 2.34. The molecule has 0 bridgehead atoms. The van der Waals surface area contributed by atoms with Crippen molar-refractivity contribution >= 4 is 28.3 Å². The Kier molecular flexibility index (Phi) is 6.35. The number of esters is 1. The highest BCUT2D eigenvalue weighted by Gasteiger charge is 2.15. The van der Waals surface area contributed by atoms with Gasteiger partial charge in [0.2, 0.25) is 0 Å². The van der Waals surface area contributed by atoms with Crippen LogP contribution >= 0.6 is 11.3 Å². The fourth-order valence-corrected chi connectivity index (χ4v) is 3.05. The summed E-state index contributed by atoms with van der Waals surface area (Å²) in [4.78, 5) is 36.2. The number of nitrogens with zero attached hydrogens (tertiary/aromatic N) is 3. The summed E-state index contributed by atoms with van der Waals surface area (Å²) in [5.74, 6) is 0.0200. The molecule has 1 N–H and O–H groups in total. The lowest BCUT2D eigenvalue weighted by Gasteiger charge is -2.08. The van der Waals surface area contributed by atoms with Gasteiger partial charge in [-0.05, 0) is 19.1 Å². The third-order valence-electron chi connectivity index (χ3n) is 3.76. The van der Waals surface area contributed by atoms with Crippen LogP contribution in [0.3, 0.4) is 0 Å². The van der Waals surface area contributed by atoms with Gasteiger partial charge in [0.05, 0.1) is 31.8 Å². The zero-order valence-electron chi connectivity index (χ0n) is 16.0. The first-order valence-corrected chi connectivity index (χ1v) is 9.31. The third-order valence-corrected chi connectivity index (χ3v) is 4.52. The molecule has 150 valence electrons. The molecular weight excluding hydrogens is 396 g/mol. The van der Waals surface area contributed by atoms with Gasteiger partial charge in [0.1, 0.15) is 11.5 Å². The maximum absolute atomic E-state index is 12.1. The van der Waals surface area contributed by atoms with Crippen molar-refractivity contribution in [2.75, 3.05) is 26.1 Å². The Morgan fingerprint density at radius 1 is 1.14 bits per heavy atom. The first-order chi connectivity index (χ1) is 14.0. The van der Waals surface area contributed by atoms with Gasteiger partial charge in [0.15, 0.2) is 17.4 Å². The minimum Gasteiger partial charge on any atom is -0.497 e. The normalized spacial score (nSPS) is 10.3. The van der Waals surface area contributed by atoms with E-state index >= 15 is 0 Å². The SMILES string of the molecule is COc1ccc(-c2csc(NC(=O)COC(=O)c3cnc(C)cn3)n2)c(OC)c1. The lowest BCUT2D eigenvalue weighted by Crippen LogP contribution is -2.21. The summed E-state index contributed by atoms with van der Waals surface area (Å²) < 4.78 is 15.5. The zero-order chi connectivity index (χ0) is 20.8. The van der Waals surface area contributed by atoms with Crippen LogP contribution in [0.15, 0.2) is 36.0 Å². The molecule has 2 aromatic heterocycles. The fourth-order valence-electron chi connectivity index (χ4n) is 2.32. The number of amides is 1. The number of methoxy groups -OCH3 is 2. The first kappa shape index (κ1) is 20.2. The van der Waals surface area contributed by atoms with Crippen LogP contribution in [0, 0.1) is 6.92 Å². The summed E-state index contributed by atoms with van der Waals surface area (Å²) in [5.41, 5.74) is 2.10. The monoisotopic (exact) mass is 414 g/mol.